The number of carbonyl (C=O) groups is 1. The summed E-state index contributed by atoms with van der Waals surface area (Å²) in [6.07, 6.45) is -1.84. The quantitative estimate of drug-likeness (QED) is 0.435. The molecular formula is C26H30ClF3N6O2. The molecule has 8 nitrogen and oxygen atoms in total. The van der Waals surface area contributed by atoms with E-state index in [-0.39, 0.29) is 23.2 Å². The standard InChI is InChI=1S/C26H30ClF3N6O2/c1-17(21-5-3-18(27)11-22(21)26(28,29)30)36-24-12-19(4-6-23(24)32-33-36)34-9-10-35(20(13-34)14-37)15-25(16-38)7-2-8-31-25/h3-6,11-12,16-17,20,31,37H,2,7-10,13-15H2,1H3. The molecule has 3 unspecified atom stereocenters. The Labute approximate surface area is 223 Å². The molecule has 3 atom stereocenters. The van der Waals surface area contributed by atoms with Crippen molar-refractivity contribution in [3.05, 3.63) is 52.5 Å². The van der Waals surface area contributed by atoms with Gasteiger partial charge in [0, 0.05) is 36.9 Å². The van der Waals surface area contributed by atoms with Crippen LogP contribution in [-0.4, -0.2) is 82.2 Å². The minimum atomic E-state index is -4.56. The predicted octanol–water partition coefficient (Wildman–Crippen LogP) is 3.52. The van der Waals surface area contributed by atoms with Gasteiger partial charge < -0.3 is 20.1 Å². The number of rotatable bonds is 7. The van der Waals surface area contributed by atoms with Crippen LogP contribution in [0.4, 0.5) is 18.9 Å². The van der Waals surface area contributed by atoms with Crippen LogP contribution >= 0.6 is 11.6 Å². The van der Waals surface area contributed by atoms with Crippen LogP contribution in [0.2, 0.25) is 5.02 Å². The maximum atomic E-state index is 13.8. The normalized spacial score (nSPS) is 23.7. The Morgan fingerprint density at radius 3 is 2.76 bits per heavy atom. The lowest BCUT2D eigenvalue weighted by molar-refractivity contribution is -0.138. The van der Waals surface area contributed by atoms with E-state index in [1.54, 1.807) is 13.0 Å². The van der Waals surface area contributed by atoms with Crippen LogP contribution in [0.25, 0.3) is 11.0 Å². The maximum absolute atomic E-state index is 13.8. The van der Waals surface area contributed by atoms with Gasteiger partial charge in [0.1, 0.15) is 11.8 Å². The number of aromatic nitrogens is 3. The molecule has 0 bridgehead atoms. The number of aldehydes is 1. The third kappa shape index (κ3) is 5.12. The van der Waals surface area contributed by atoms with Crippen molar-refractivity contribution in [1.29, 1.82) is 0 Å². The summed E-state index contributed by atoms with van der Waals surface area (Å²) in [5, 5.41) is 21.8. The topological polar surface area (TPSA) is 86.5 Å². The van der Waals surface area contributed by atoms with Gasteiger partial charge in [-0.1, -0.05) is 22.9 Å². The number of fused-ring (bicyclic) bond motifs is 1. The number of piperazine rings is 1. The SMILES string of the molecule is CC(c1ccc(Cl)cc1C(F)(F)F)n1nnc2ccc(N3CCN(CC4(C=O)CCCN4)C(CO)C3)cc21. The monoisotopic (exact) mass is 550 g/mol. The maximum Gasteiger partial charge on any atom is 0.416 e. The molecular weight excluding hydrogens is 521 g/mol. The van der Waals surface area contributed by atoms with Gasteiger partial charge in [-0.2, -0.15) is 13.2 Å². The van der Waals surface area contributed by atoms with Crippen molar-refractivity contribution >= 4 is 34.6 Å². The van der Waals surface area contributed by atoms with Gasteiger partial charge in [-0.15, -0.1) is 5.10 Å². The zero-order chi connectivity index (χ0) is 27.1. The van der Waals surface area contributed by atoms with Crippen molar-refractivity contribution in [2.24, 2.45) is 0 Å². The summed E-state index contributed by atoms with van der Waals surface area (Å²) in [6, 6.07) is 8.44. The fraction of sp³-hybridized carbons (Fsp3) is 0.500. The molecule has 2 saturated heterocycles. The third-order valence-corrected chi connectivity index (χ3v) is 8.00. The molecule has 204 valence electrons. The van der Waals surface area contributed by atoms with E-state index in [0.717, 1.165) is 37.4 Å². The van der Waals surface area contributed by atoms with Gasteiger partial charge in [-0.3, -0.25) is 4.90 Å². The first-order valence-electron chi connectivity index (χ1n) is 12.7. The highest BCUT2D eigenvalue weighted by molar-refractivity contribution is 6.30. The summed E-state index contributed by atoms with van der Waals surface area (Å²) in [5.74, 6) is 0. The van der Waals surface area contributed by atoms with E-state index in [9.17, 15) is 23.1 Å². The smallest absolute Gasteiger partial charge is 0.395 e. The largest absolute Gasteiger partial charge is 0.416 e. The first-order chi connectivity index (χ1) is 18.1. The number of anilines is 1. The lowest BCUT2D eigenvalue weighted by Crippen LogP contribution is -2.61. The van der Waals surface area contributed by atoms with Gasteiger partial charge in [0.05, 0.1) is 35.3 Å². The number of carbonyl (C=O) groups excluding carboxylic acids is 1. The number of halogens is 4. The molecule has 2 aliphatic rings. The van der Waals surface area contributed by atoms with Crippen molar-refractivity contribution in [1.82, 2.24) is 25.2 Å². The van der Waals surface area contributed by atoms with E-state index in [1.165, 1.54) is 16.8 Å². The molecule has 0 aliphatic carbocycles. The van der Waals surface area contributed by atoms with E-state index in [0.29, 0.717) is 37.2 Å². The van der Waals surface area contributed by atoms with Crippen LogP contribution in [0.15, 0.2) is 36.4 Å². The molecule has 0 amide bonds. The van der Waals surface area contributed by atoms with Crippen LogP contribution in [0.3, 0.4) is 0 Å². The van der Waals surface area contributed by atoms with Gasteiger partial charge >= 0.3 is 6.18 Å². The van der Waals surface area contributed by atoms with Crippen molar-refractivity contribution in [2.75, 3.05) is 44.2 Å². The molecule has 2 aliphatic heterocycles. The van der Waals surface area contributed by atoms with Gasteiger partial charge in [-0.05, 0) is 62.2 Å². The van der Waals surface area contributed by atoms with Gasteiger partial charge in [0.25, 0.3) is 0 Å². The minimum Gasteiger partial charge on any atom is -0.395 e. The lowest BCUT2D eigenvalue weighted by atomic mass is 9.97. The van der Waals surface area contributed by atoms with Crippen molar-refractivity contribution in [2.45, 2.75) is 43.6 Å². The molecule has 5 rings (SSSR count). The molecule has 38 heavy (non-hydrogen) atoms. The number of aliphatic hydroxyl groups excluding tert-OH is 1. The highest BCUT2D eigenvalue weighted by Gasteiger charge is 2.39. The Hall–Kier alpha value is -2.73. The Kier molecular flexibility index (Phi) is 7.38. The molecule has 1 aromatic heterocycles. The zero-order valence-electron chi connectivity index (χ0n) is 21.0. The third-order valence-electron chi connectivity index (χ3n) is 7.76. The molecule has 3 aromatic rings. The molecule has 2 aromatic carbocycles. The van der Waals surface area contributed by atoms with Crippen LogP contribution in [0.1, 0.15) is 36.9 Å². The van der Waals surface area contributed by atoms with Crippen LogP contribution in [-0.2, 0) is 11.0 Å². The number of aliphatic hydroxyl groups is 1. The van der Waals surface area contributed by atoms with Crippen molar-refractivity contribution in [3.8, 4) is 0 Å². The van der Waals surface area contributed by atoms with Crippen molar-refractivity contribution in [3.63, 3.8) is 0 Å². The molecule has 0 saturated carbocycles. The second kappa shape index (κ2) is 10.4. The highest BCUT2D eigenvalue weighted by atomic mass is 35.5. The number of nitrogens with one attached hydrogen (secondary N) is 1. The number of alkyl halides is 3. The number of benzene rings is 2. The second-order valence-corrected chi connectivity index (χ2v) is 10.6. The summed E-state index contributed by atoms with van der Waals surface area (Å²) in [6.45, 7) is 4.83. The summed E-state index contributed by atoms with van der Waals surface area (Å²) in [5.41, 5.74) is 0.723. The average Bonchev–Trinajstić information content (AvgIpc) is 3.55. The summed E-state index contributed by atoms with van der Waals surface area (Å²) in [7, 11) is 0. The summed E-state index contributed by atoms with van der Waals surface area (Å²) < 4.78 is 42.8. The first kappa shape index (κ1) is 26.9. The van der Waals surface area contributed by atoms with E-state index in [4.69, 9.17) is 11.6 Å². The molecule has 0 radical (unpaired) electrons. The first-order valence-corrected chi connectivity index (χ1v) is 13.0. The van der Waals surface area contributed by atoms with Crippen LogP contribution in [0.5, 0.6) is 0 Å². The van der Waals surface area contributed by atoms with E-state index < -0.39 is 23.3 Å². The Morgan fingerprint density at radius 2 is 2.08 bits per heavy atom. The second-order valence-electron chi connectivity index (χ2n) is 10.2. The Balaban J connectivity index is 1.40. The molecule has 3 heterocycles. The average molecular weight is 551 g/mol. The Bertz CT molecular complexity index is 1310. The predicted molar refractivity (Wildman–Crippen MR) is 138 cm³/mol. The molecule has 12 heteroatoms. The molecule has 2 fully saturated rings. The molecule has 0 spiro atoms. The zero-order valence-corrected chi connectivity index (χ0v) is 21.7. The van der Waals surface area contributed by atoms with Gasteiger partial charge in [0.15, 0.2) is 0 Å². The Morgan fingerprint density at radius 1 is 1.26 bits per heavy atom. The van der Waals surface area contributed by atoms with Gasteiger partial charge in [-0.25, -0.2) is 4.68 Å². The van der Waals surface area contributed by atoms with Gasteiger partial charge in [0.2, 0.25) is 0 Å². The summed E-state index contributed by atoms with van der Waals surface area (Å²) in [4.78, 5) is 16.1. The summed E-state index contributed by atoms with van der Waals surface area (Å²) >= 11 is 5.87. The fourth-order valence-corrected chi connectivity index (χ4v) is 5.82. The van der Waals surface area contributed by atoms with E-state index in [2.05, 4.69) is 25.4 Å². The minimum absolute atomic E-state index is 0.0133. The van der Waals surface area contributed by atoms with E-state index >= 15 is 0 Å². The van der Waals surface area contributed by atoms with Crippen molar-refractivity contribution < 1.29 is 23.1 Å². The highest BCUT2D eigenvalue weighted by Crippen LogP contribution is 2.38. The number of nitrogens with zero attached hydrogens (tertiary/aromatic N) is 5. The van der Waals surface area contributed by atoms with Crippen LogP contribution < -0.4 is 10.2 Å². The molecule has 2 N–H and O–H groups in total. The fourth-order valence-electron chi connectivity index (χ4n) is 5.65. The number of hydrogen-bond acceptors (Lipinski definition) is 7. The van der Waals surface area contributed by atoms with E-state index in [1.807, 2.05) is 12.1 Å². The lowest BCUT2D eigenvalue weighted by Gasteiger charge is -2.44. The van der Waals surface area contributed by atoms with Crippen LogP contribution in [0, 0.1) is 0 Å². The number of hydrogen-bond donors (Lipinski definition) is 2.